The fourth-order valence-electron chi connectivity index (χ4n) is 1.83. The summed E-state index contributed by atoms with van der Waals surface area (Å²) in [6, 6.07) is 15.2. The lowest BCUT2D eigenvalue weighted by atomic mass is 10.0. The SMILES string of the molecule is [S]CCCCc1ccc2ccccc2c1. The van der Waals surface area contributed by atoms with Crippen LogP contribution in [0.5, 0.6) is 0 Å². The van der Waals surface area contributed by atoms with Crippen LogP contribution in [0.25, 0.3) is 10.8 Å². The molecule has 0 aliphatic heterocycles. The lowest BCUT2D eigenvalue weighted by Crippen LogP contribution is -1.86. The molecule has 0 fully saturated rings. The smallest absolute Gasteiger partial charge is 0.00370 e. The van der Waals surface area contributed by atoms with Crippen molar-refractivity contribution in [3.63, 3.8) is 0 Å². The maximum absolute atomic E-state index is 4.94. The van der Waals surface area contributed by atoms with E-state index in [1.54, 1.807) is 0 Å². The molecular formula is C14H15S. The van der Waals surface area contributed by atoms with Gasteiger partial charge in [-0.3, -0.25) is 0 Å². The van der Waals surface area contributed by atoms with Gasteiger partial charge in [0, 0.05) is 5.75 Å². The molecule has 77 valence electrons. The molecule has 1 radical (unpaired) electrons. The quantitative estimate of drug-likeness (QED) is 0.665. The van der Waals surface area contributed by atoms with Gasteiger partial charge in [-0.05, 0) is 35.6 Å². The van der Waals surface area contributed by atoms with Crippen LogP contribution in [0.4, 0.5) is 0 Å². The van der Waals surface area contributed by atoms with Gasteiger partial charge in [0.1, 0.15) is 0 Å². The van der Waals surface area contributed by atoms with Gasteiger partial charge in [0.25, 0.3) is 0 Å². The molecule has 2 aromatic carbocycles. The molecule has 0 unspecified atom stereocenters. The first-order valence-electron chi connectivity index (χ1n) is 5.46. The summed E-state index contributed by atoms with van der Waals surface area (Å²) in [5.41, 5.74) is 1.43. The second-order valence-electron chi connectivity index (χ2n) is 3.84. The molecule has 0 saturated heterocycles. The van der Waals surface area contributed by atoms with Gasteiger partial charge in [-0.1, -0.05) is 55.1 Å². The minimum Gasteiger partial charge on any atom is -0.0942 e. The minimum absolute atomic E-state index is 0.883. The standard InChI is InChI=1S/C14H15S/c15-10-4-3-5-12-8-9-13-6-1-2-7-14(13)11-12/h1-2,6-9,11H,3-5,10H2. The third-order valence-corrected chi connectivity index (χ3v) is 2.96. The fourth-order valence-corrected chi connectivity index (χ4v) is 2.03. The van der Waals surface area contributed by atoms with Crippen LogP contribution in [-0.2, 0) is 6.42 Å². The molecule has 0 amide bonds. The van der Waals surface area contributed by atoms with Gasteiger partial charge in [-0.15, -0.1) is 0 Å². The number of hydrogen-bond donors (Lipinski definition) is 0. The second-order valence-corrected chi connectivity index (χ2v) is 4.25. The van der Waals surface area contributed by atoms with E-state index in [1.807, 2.05) is 0 Å². The predicted molar refractivity (Wildman–Crippen MR) is 69.3 cm³/mol. The van der Waals surface area contributed by atoms with Crippen LogP contribution in [0.3, 0.4) is 0 Å². The molecule has 0 bridgehead atoms. The molecule has 1 heteroatoms. The van der Waals surface area contributed by atoms with Crippen LogP contribution < -0.4 is 0 Å². The van der Waals surface area contributed by atoms with Gasteiger partial charge in [0.05, 0.1) is 0 Å². The van der Waals surface area contributed by atoms with E-state index in [2.05, 4.69) is 42.5 Å². The van der Waals surface area contributed by atoms with Crippen molar-refractivity contribution in [1.82, 2.24) is 0 Å². The van der Waals surface area contributed by atoms with E-state index in [4.69, 9.17) is 12.6 Å². The molecule has 0 aliphatic rings. The molecule has 0 aliphatic carbocycles. The van der Waals surface area contributed by atoms with E-state index in [-0.39, 0.29) is 0 Å². The van der Waals surface area contributed by atoms with Gasteiger partial charge in [0.15, 0.2) is 0 Å². The molecule has 0 aromatic heterocycles. The zero-order valence-electron chi connectivity index (χ0n) is 8.78. The summed E-state index contributed by atoms with van der Waals surface area (Å²) in [4.78, 5) is 0. The highest BCUT2D eigenvalue weighted by atomic mass is 32.1. The third-order valence-electron chi connectivity index (χ3n) is 2.67. The maximum atomic E-state index is 4.94. The average molecular weight is 215 g/mol. The van der Waals surface area contributed by atoms with Crippen molar-refractivity contribution in [1.29, 1.82) is 0 Å². The molecule has 0 spiro atoms. The monoisotopic (exact) mass is 215 g/mol. The van der Waals surface area contributed by atoms with Crippen LogP contribution in [0.1, 0.15) is 18.4 Å². The zero-order valence-corrected chi connectivity index (χ0v) is 9.59. The number of unbranched alkanes of at least 4 members (excludes halogenated alkanes) is 1. The van der Waals surface area contributed by atoms with Crippen molar-refractivity contribution in [3.8, 4) is 0 Å². The lowest BCUT2D eigenvalue weighted by Gasteiger charge is -2.02. The molecule has 0 heterocycles. The van der Waals surface area contributed by atoms with E-state index in [0.717, 1.165) is 18.6 Å². The molecule has 0 N–H and O–H groups in total. The molecule has 15 heavy (non-hydrogen) atoms. The number of benzene rings is 2. The van der Waals surface area contributed by atoms with Gasteiger partial charge in [-0.2, -0.15) is 0 Å². The van der Waals surface area contributed by atoms with Gasteiger partial charge < -0.3 is 0 Å². The first-order valence-corrected chi connectivity index (χ1v) is 6.03. The van der Waals surface area contributed by atoms with E-state index in [1.165, 1.54) is 22.8 Å². The zero-order chi connectivity index (χ0) is 10.5. The van der Waals surface area contributed by atoms with Crippen molar-refractivity contribution in [2.75, 3.05) is 5.75 Å². The summed E-state index contributed by atoms with van der Waals surface area (Å²) < 4.78 is 0. The van der Waals surface area contributed by atoms with Crippen molar-refractivity contribution < 1.29 is 0 Å². The Morgan fingerprint density at radius 2 is 1.67 bits per heavy atom. The fraction of sp³-hybridized carbons (Fsp3) is 0.286. The van der Waals surface area contributed by atoms with Crippen molar-refractivity contribution in [2.45, 2.75) is 19.3 Å². The van der Waals surface area contributed by atoms with Crippen LogP contribution in [-0.4, -0.2) is 5.75 Å². The van der Waals surface area contributed by atoms with Crippen molar-refractivity contribution >= 4 is 23.4 Å². The summed E-state index contributed by atoms with van der Waals surface area (Å²) in [6.07, 6.45) is 3.52. The Bertz CT molecular complexity index is 434. The number of hydrogen-bond acceptors (Lipinski definition) is 0. The Balaban J connectivity index is 2.16. The summed E-state index contributed by atoms with van der Waals surface area (Å²) in [5, 5.41) is 2.66. The first-order chi connectivity index (χ1) is 7.40. The Kier molecular flexibility index (Phi) is 3.68. The summed E-state index contributed by atoms with van der Waals surface area (Å²) >= 11 is 4.94. The Labute approximate surface area is 96.7 Å². The first kappa shape index (κ1) is 10.6. The maximum Gasteiger partial charge on any atom is 0.00370 e. The molecular weight excluding hydrogens is 200 g/mol. The highest BCUT2D eigenvalue weighted by Gasteiger charge is 1.95. The van der Waals surface area contributed by atoms with Crippen LogP contribution in [0.15, 0.2) is 42.5 Å². The molecule has 2 rings (SSSR count). The summed E-state index contributed by atoms with van der Waals surface area (Å²) in [7, 11) is 0. The normalized spacial score (nSPS) is 10.7. The van der Waals surface area contributed by atoms with Gasteiger partial charge in [0.2, 0.25) is 0 Å². The topological polar surface area (TPSA) is 0 Å². The molecule has 0 nitrogen and oxygen atoms in total. The van der Waals surface area contributed by atoms with E-state index >= 15 is 0 Å². The average Bonchev–Trinajstić information content (AvgIpc) is 2.29. The lowest BCUT2D eigenvalue weighted by molar-refractivity contribution is 0.805. The number of fused-ring (bicyclic) bond motifs is 1. The van der Waals surface area contributed by atoms with Gasteiger partial charge in [-0.25, -0.2) is 0 Å². The summed E-state index contributed by atoms with van der Waals surface area (Å²) in [5.74, 6) is 0.883. The Hall–Kier alpha value is -0.950. The van der Waals surface area contributed by atoms with Crippen molar-refractivity contribution in [2.24, 2.45) is 0 Å². The predicted octanol–water partition coefficient (Wildman–Crippen LogP) is 4.36. The van der Waals surface area contributed by atoms with Crippen molar-refractivity contribution in [3.05, 3.63) is 48.0 Å². The minimum atomic E-state index is 0.883. The largest absolute Gasteiger partial charge is 0.0942 e. The van der Waals surface area contributed by atoms with Crippen LogP contribution in [0, 0.1) is 0 Å². The van der Waals surface area contributed by atoms with E-state index in [9.17, 15) is 0 Å². The highest BCUT2D eigenvalue weighted by molar-refractivity contribution is 7.80. The summed E-state index contributed by atoms with van der Waals surface area (Å²) in [6.45, 7) is 0. The van der Waals surface area contributed by atoms with Crippen LogP contribution >= 0.6 is 12.6 Å². The van der Waals surface area contributed by atoms with Gasteiger partial charge >= 0.3 is 0 Å². The van der Waals surface area contributed by atoms with E-state index in [0.29, 0.717) is 0 Å². The Morgan fingerprint density at radius 3 is 2.47 bits per heavy atom. The van der Waals surface area contributed by atoms with E-state index < -0.39 is 0 Å². The molecule has 0 saturated carbocycles. The second kappa shape index (κ2) is 5.22. The number of aryl methyl sites for hydroxylation is 1. The molecule has 2 aromatic rings. The number of rotatable bonds is 4. The highest BCUT2D eigenvalue weighted by Crippen LogP contribution is 2.16. The third kappa shape index (κ3) is 2.75. The Morgan fingerprint density at radius 1 is 0.867 bits per heavy atom. The van der Waals surface area contributed by atoms with Crippen LogP contribution in [0.2, 0.25) is 0 Å². The molecule has 0 atom stereocenters.